The number of methoxy groups -OCH3 is 1. The molecule has 132 valence electrons. The van der Waals surface area contributed by atoms with Gasteiger partial charge in [0.05, 0.1) is 18.7 Å². The van der Waals surface area contributed by atoms with Crippen molar-refractivity contribution < 1.29 is 14.3 Å². The fourth-order valence-corrected chi connectivity index (χ4v) is 4.60. The number of hydrogen-bond acceptors (Lipinski definition) is 3. The smallest absolute Gasteiger partial charge is 0.254 e. The number of ether oxygens (including phenoxy) is 2. The molecule has 0 bridgehead atoms. The number of amides is 1. The Balaban J connectivity index is 1.90. The second-order valence-corrected chi connectivity index (χ2v) is 7.24. The molecule has 0 N–H and O–H groups in total. The molecule has 24 heavy (non-hydrogen) atoms. The summed E-state index contributed by atoms with van der Waals surface area (Å²) in [6, 6.07) is 4.11. The number of fused-ring (bicyclic) bond motifs is 1. The van der Waals surface area contributed by atoms with Crippen LogP contribution in [0.3, 0.4) is 0 Å². The van der Waals surface area contributed by atoms with E-state index in [4.69, 9.17) is 21.1 Å². The summed E-state index contributed by atoms with van der Waals surface area (Å²) in [4.78, 5) is 15.3. The Labute approximate surface area is 149 Å². The van der Waals surface area contributed by atoms with E-state index in [0.717, 1.165) is 12.8 Å². The van der Waals surface area contributed by atoms with Crippen LogP contribution < -0.4 is 9.47 Å². The zero-order valence-corrected chi connectivity index (χ0v) is 15.4. The number of carbonyl (C=O) groups excluding carboxylic acids is 1. The van der Waals surface area contributed by atoms with Crippen LogP contribution in [-0.4, -0.2) is 36.6 Å². The van der Waals surface area contributed by atoms with Crippen molar-refractivity contribution in [2.24, 2.45) is 5.92 Å². The molecule has 3 rings (SSSR count). The lowest BCUT2D eigenvalue weighted by Gasteiger charge is -2.33. The van der Waals surface area contributed by atoms with Gasteiger partial charge >= 0.3 is 0 Å². The third kappa shape index (κ3) is 3.08. The normalized spacial score (nSPS) is 26.2. The molecule has 2 fully saturated rings. The molecule has 1 aliphatic carbocycles. The van der Waals surface area contributed by atoms with Gasteiger partial charge in [-0.05, 0) is 51.2 Å². The Hall–Kier alpha value is -1.42. The van der Waals surface area contributed by atoms with Crippen LogP contribution in [0.4, 0.5) is 0 Å². The molecule has 1 saturated heterocycles. The van der Waals surface area contributed by atoms with Gasteiger partial charge in [-0.1, -0.05) is 24.4 Å². The molecule has 0 radical (unpaired) electrons. The SMILES string of the molecule is CCOc1c(Cl)cc(C(=O)N2C(C)CC3CCCCC32)cc1OC. The van der Waals surface area contributed by atoms with E-state index in [0.29, 0.717) is 40.7 Å². The van der Waals surface area contributed by atoms with Crippen LogP contribution in [0.5, 0.6) is 11.5 Å². The Bertz CT molecular complexity index is 619. The number of rotatable bonds is 4. The fourth-order valence-electron chi connectivity index (χ4n) is 4.34. The first-order chi connectivity index (χ1) is 11.6. The van der Waals surface area contributed by atoms with E-state index in [1.54, 1.807) is 19.2 Å². The highest BCUT2D eigenvalue weighted by atomic mass is 35.5. The lowest BCUT2D eigenvalue weighted by Crippen LogP contribution is -2.42. The fraction of sp³-hybridized carbons (Fsp3) is 0.632. The minimum Gasteiger partial charge on any atom is -0.493 e. The molecular weight excluding hydrogens is 326 g/mol. The van der Waals surface area contributed by atoms with E-state index in [-0.39, 0.29) is 11.9 Å². The van der Waals surface area contributed by atoms with Crippen LogP contribution in [0, 0.1) is 5.92 Å². The van der Waals surface area contributed by atoms with Crippen molar-refractivity contribution in [1.82, 2.24) is 4.90 Å². The standard InChI is InChI=1S/C19H26ClNO3/c1-4-24-18-15(20)10-14(11-17(18)23-3)19(22)21-12(2)9-13-7-5-6-8-16(13)21/h10-13,16H,4-9H2,1-3H3. The van der Waals surface area contributed by atoms with Gasteiger partial charge in [0, 0.05) is 17.6 Å². The Morgan fingerprint density at radius 2 is 2.08 bits per heavy atom. The molecule has 2 aliphatic rings. The zero-order valence-electron chi connectivity index (χ0n) is 14.7. The second kappa shape index (κ2) is 7.22. The molecule has 1 amide bonds. The van der Waals surface area contributed by atoms with Crippen LogP contribution in [0.25, 0.3) is 0 Å². The summed E-state index contributed by atoms with van der Waals surface area (Å²) < 4.78 is 10.9. The van der Waals surface area contributed by atoms with Crippen molar-refractivity contribution in [2.45, 2.75) is 58.0 Å². The summed E-state index contributed by atoms with van der Waals surface area (Å²) in [5.41, 5.74) is 0.582. The quantitative estimate of drug-likeness (QED) is 0.799. The van der Waals surface area contributed by atoms with E-state index in [1.807, 2.05) is 6.92 Å². The van der Waals surface area contributed by atoms with Gasteiger partial charge in [-0.3, -0.25) is 4.79 Å². The molecule has 1 saturated carbocycles. The molecule has 3 unspecified atom stereocenters. The maximum Gasteiger partial charge on any atom is 0.254 e. The summed E-state index contributed by atoms with van der Waals surface area (Å²) in [5, 5.41) is 0.423. The summed E-state index contributed by atoms with van der Waals surface area (Å²) in [7, 11) is 1.57. The Morgan fingerprint density at radius 1 is 1.33 bits per heavy atom. The highest BCUT2D eigenvalue weighted by Crippen LogP contribution is 2.42. The first kappa shape index (κ1) is 17.4. The first-order valence-electron chi connectivity index (χ1n) is 8.89. The largest absolute Gasteiger partial charge is 0.493 e. The third-order valence-corrected chi connectivity index (χ3v) is 5.63. The average Bonchev–Trinajstić information content (AvgIpc) is 2.91. The van der Waals surface area contributed by atoms with Crippen LogP contribution in [0.15, 0.2) is 12.1 Å². The topological polar surface area (TPSA) is 38.8 Å². The summed E-state index contributed by atoms with van der Waals surface area (Å²) in [6.07, 6.45) is 5.97. The van der Waals surface area contributed by atoms with Gasteiger partial charge in [-0.2, -0.15) is 0 Å². The van der Waals surface area contributed by atoms with Crippen LogP contribution >= 0.6 is 11.6 Å². The molecule has 1 aliphatic heterocycles. The monoisotopic (exact) mass is 351 g/mol. The number of hydrogen-bond donors (Lipinski definition) is 0. The van der Waals surface area contributed by atoms with Crippen molar-refractivity contribution in [3.8, 4) is 11.5 Å². The van der Waals surface area contributed by atoms with Crippen molar-refractivity contribution >= 4 is 17.5 Å². The summed E-state index contributed by atoms with van der Waals surface area (Å²) in [5.74, 6) is 1.72. The maximum absolute atomic E-state index is 13.2. The first-order valence-corrected chi connectivity index (χ1v) is 9.27. The van der Waals surface area contributed by atoms with Gasteiger partial charge in [-0.15, -0.1) is 0 Å². The van der Waals surface area contributed by atoms with Gasteiger partial charge in [-0.25, -0.2) is 0 Å². The maximum atomic E-state index is 13.2. The van der Waals surface area contributed by atoms with Crippen LogP contribution in [-0.2, 0) is 0 Å². The molecule has 1 aromatic rings. The summed E-state index contributed by atoms with van der Waals surface area (Å²) >= 11 is 6.34. The number of benzene rings is 1. The lowest BCUT2D eigenvalue weighted by atomic mass is 9.85. The summed E-state index contributed by atoms with van der Waals surface area (Å²) in [6.45, 7) is 4.55. The molecule has 4 nitrogen and oxygen atoms in total. The van der Waals surface area contributed by atoms with E-state index in [2.05, 4.69) is 11.8 Å². The predicted molar refractivity (Wildman–Crippen MR) is 95.2 cm³/mol. The van der Waals surface area contributed by atoms with Crippen molar-refractivity contribution in [1.29, 1.82) is 0 Å². The molecule has 5 heteroatoms. The minimum atomic E-state index is 0.0557. The van der Waals surface area contributed by atoms with Crippen LogP contribution in [0.1, 0.15) is 56.3 Å². The highest BCUT2D eigenvalue weighted by Gasteiger charge is 2.42. The number of carbonyl (C=O) groups is 1. The van der Waals surface area contributed by atoms with Gasteiger partial charge in [0.1, 0.15) is 0 Å². The van der Waals surface area contributed by atoms with Crippen LogP contribution in [0.2, 0.25) is 5.02 Å². The average molecular weight is 352 g/mol. The molecule has 0 spiro atoms. The van der Waals surface area contributed by atoms with Gasteiger partial charge in [0.25, 0.3) is 5.91 Å². The molecule has 3 atom stereocenters. The van der Waals surface area contributed by atoms with Crippen molar-refractivity contribution in [2.75, 3.05) is 13.7 Å². The minimum absolute atomic E-state index is 0.0557. The van der Waals surface area contributed by atoms with Crippen molar-refractivity contribution in [3.63, 3.8) is 0 Å². The Morgan fingerprint density at radius 3 is 2.79 bits per heavy atom. The molecular formula is C19H26ClNO3. The van der Waals surface area contributed by atoms with E-state index >= 15 is 0 Å². The molecule has 1 aromatic carbocycles. The van der Waals surface area contributed by atoms with Gasteiger partial charge in [0.2, 0.25) is 0 Å². The van der Waals surface area contributed by atoms with E-state index in [9.17, 15) is 4.79 Å². The van der Waals surface area contributed by atoms with E-state index in [1.165, 1.54) is 19.3 Å². The zero-order chi connectivity index (χ0) is 17.3. The van der Waals surface area contributed by atoms with Gasteiger partial charge < -0.3 is 14.4 Å². The highest BCUT2D eigenvalue weighted by molar-refractivity contribution is 6.32. The number of halogens is 1. The van der Waals surface area contributed by atoms with E-state index < -0.39 is 0 Å². The molecule has 1 heterocycles. The Kier molecular flexibility index (Phi) is 5.24. The number of likely N-dealkylation sites (tertiary alicyclic amines) is 1. The van der Waals surface area contributed by atoms with Gasteiger partial charge in [0.15, 0.2) is 11.5 Å². The number of nitrogens with zero attached hydrogens (tertiary/aromatic N) is 1. The third-order valence-electron chi connectivity index (χ3n) is 5.34. The lowest BCUT2D eigenvalue weighted by molar-refractivity contribution is 0.0633. The predicted octanol–water partition coefficient (Wildman–Crippen LogP) is 4.54. The van der Waals surface area contributed by atoms with Crippen molar-refractivity contribution in [3.05, 3.63) is 22.7 Å². The second-order valence-electron chi connectivity index (χ2n) is 6.83. The molecule has 0 aromatic heterocycles.